The predicted molar refractivity (Wildman–Crippen MR) is 95.1 cm³/mol. The molecule has 4 rings (SSSR count). The van der Waals surface area contributed by atoms with Crippen molar-refractivity contribution in [3.63, 3.8) is 0 Å². The summed E-state index contributed by atoms with van der Waals surface area (Å²) in [6.45, 7) is 1.47. The highest BCUT2D eigenvalue weighted by atomic mass is 35.5. The average Bonchev–Trinajstić information content (AvgIpc) is 3.03. The van der Waals surface area contributed by atoms with E-state index < -0.39 is 0 Å². The van der Waals surface area contributed by atoms with E-state index in [0.29, 0.717) is 34.8 Å². The first-order valence-electron chi connectivity index (χ1n) is 7.84. The molecule has 1 aliphatic rings. The predicted octanol–water partition coefficient (Wildman–Crippen LogP) is 2.94. The molecule has 0 saturated carbocycles. The van der Waals surface area contributed by atoms with Crippen LogP contribution in [0.25, 0.3) is 10.9 Å². The Morgan fingerprint density at radius 2 is 2.00 bits per heavy atom. The number of benzene rings is 2. The van der Waals surface area contributed by atoms with Gasteiger partial charge in [-0.2, -0.15) is 0 Å². The lowest BCUT2D eigenvalue weighted by molar-refractivity contribution is 0.174. The van der Waals surface area contributed by atoms with Crippen LogP contribution in [0.1, 0.15) is 11.4 Å². The summed E-state index contributed by atoms with van der Waals surface area (Å²) in [5.41, 5.74) is 1.56. The summed E-state index contributed by atoms with van der Waals surface area (Å²) in [5, 5.41) is 1.02. The summed E-state index contributed by atoms with van der Waals surface area (Å²) >= 11 is 5.94. The molecule has 1 aromatic heterocycles. The molecule has 3 aromatic rings. The van der Waals surface area contributed by atoms with Crippen molar-refractivity contribution in [1.29, 1.82) is 0 Å². The SMILES string of the molecule is CN(Cc1ccc2c(c1)OCO2)Cc1nc2ccc(Cl)cc2c(=O)[nH]1. The number of nitrogens with zero attached hydrogens (tertiary/aromatic N) is 2. The molecule has 2 aromatic carbocycles. The molecule has 0 unspecified atom stereocenters. The van der Waals surface area contributed by atoms with Gasteiger partial charge in [0.2, 0.25) is 6.79 Å². The highest BCUT2D eigenvalue weighted by molar-refractivity contribution is 6.31. The number of aromatic amines is 1. The highest BCUT2D eigenvalue weighted by Crippen LogP contribution is 2.32. The lowest BCUT2D eigenvalue weighted by Gasteiger charge is -2.16. The van der Waals surface area contributed by atoms with Crippen molar-refractivity contribution in [1.82, 2.24) is 14.9 Å². The van der Waals surface area contributed by atoms with Gasteiger partial charge in [-0.3, -0.25) is 9.69 Å². The molecular weight excluding hydrogens is 342 g/mol. The standard InChI is InChI=1S/C18H16ClN3O3/c1-22(8-11-2-5-15-16(6-11)25-10-24-15)9-17-20-14-4-3-12(19)7-13(14)18(23)21-17/h2-7H,8-10H2,1H3,(H,20,21,23). The Morgan fingerprint density at radius 1 is 1.16 bits per heavy atom. The van der Waals surface area contributed by atoms with Crippen LogP contribution in [0.4, 0.5) is 0 Å². The number of hydrogen-bond acceptors (Lipinski definition) is 5. The van der Waals surface area contributed by atoms with Crippen molar-refractivity contribution in [3.05, 3.63) is 63.2 Å². The molecule has 7 heteroatoms. The molecule has 0 atom stereocenters. The molecule has 0 radical (unpaired) electrons. The molecule has 0 saturated heterocycles. The van der Waals surface area contributed by atoms with E-state index in [9.17, 15) is 4.79 Å². The maximum absolute atomic E-state index is 12.2. The number of nitrogens with one attached hydrogen (secondary N) is 1. The molecule has 1 aliphatic heterocycles. The number of fused-ring (bicyclic) bond motifs is 2. The fourth-order valence-corrected chi connectivity index (χ4v) is 3.07. The fraction of sp³-hybridized carbons (Fsp3) is 0.222. The molecular formula is C18H16ClN3O3. The molecule has 6 nitrogen and oxygen atoms in total. The van der Waals surface area contributed by atoms with E-state index in [1.54, 1.807) is 18.2 Å². The van der Waals surface area contributed by atoms with E-state index >= 15 is 0 Å². The molecule has 0 aliphatic carbocycles. The molecule has 128 valence electrons. The maximum Gasteiger partial charge on any atom is 0.258 e. The lowest BCUT2D eigenvalue weighted by Crippen LogP contribution is -2.21. The Labute approximate surface area is 149 Å². The second-order valence-electron chi connectivity index (χ2n) is 6.03. The van der Waals surface area contributed by atoms with E-state index in [2.05, 4.69) is 14.9 Å². The number of ether oxygens (including phenoxy) is 2. The quantitative estimate of drug-likeness (QED) is 0.777. The van der Waals surface area contributed by atoms with Gasteiger partial charge in [0.15, 0.2) is 11.5 Å². The monoisotopic (exact) mass is 357 g/mol. The molecule has 1 N–H and O–H groups in total. The normalized spacial score (nSPS) is 12.9. The van der Waals surface area contributed by atoms with Crippen LogP contribution in [0.5, 0.6) is 11.5 Å². The van der Waals surface area contributed by atoms with E-state index in [4.69, 9.17) is 21.1 Å². The summed E-state index contributed by atoms with van der Waals surface area (Å²) in [7, 11) is 1.97. The van der Waals surface area contributed by atoms with E-state index in [0.717, 1.165) is 17.1 Å². The van der Waals surface area contributed by atoms with Crippen molar-refractivity contribution < 1.29 is 9.47 Å². The number of hydrogen-bond donors (Lipinski definition) is 1. The second kappa shape index (κ2) is 6.38. The fourth-order valence-electron chi connectivity index (χ4n) is 2.90. The summed E-state index contributed by atoms with van der Waals surface area (Å²) in [5.74, 6) is 2.15. The zero-order chi connectivity index (χ0) is 17.4. The zero-order valence-electron chi connectivity index (χ0n) is 13.6. The van der Waals surface area contributed by atoms with Gasteiger partial charge in [-0.05, 0) is 42.9 Å². The van der Waals surface area contributed by atoms with Crippen molar-refractivity contribution in [2.45, 2.75) is 13.1 Å². The van der Waals surface area contributed by atoms with Crippen molar-refractivity contribution >= 4 is 22.5 Å². The van der Waals surface area contributed by atoms with Gasteiger partial charge in [0.25, 0.3) is 5.56 Å². The van der Waals surface area contributed by atoms with Crippen LogP contribution in [0, 0.1) is 0 Å². The number of halogens is 1. The first kappa shape index (κ1) is 15.9. The third-order valence-electron chi connectivity index (χ3n) is 4.03. The van der Waals surface area contributed by atoms with Gasteiger partial charge in [0.1, 0.15) is 5.82 Å². The molecule has 0 bridgehead atoms. The Kier molecular flexibility index (Phi) is 4.07. The Balaban J connectivity index is 1.52. The molecule has 0 fully saturated rings. The summed E-state index contributed by atoms with van der Waals surface area (Å²) in [6.07, 6.45) is 0. The van der Waals surface area contributed by atoms with Gasteiger partial charge in [-0.1, -0.05) is 17.7 Å². The van der Waals surface area contributed by atoms with Crippen molar-refractivity contribution in [2.75, 3.05) is 13.8 Å². The maximum atomic E-state index is 12.2. The van der Waals surface area contributed by atoms with Crippen LogP contribution in [-0.2, 0) is 13.1 Å². The van der Waals surface area contributed by atoms with Gasteiger partial charge in [-0.15, -0.1) is 0 Å². The van der Waals surface area contributed by atoms with Crippen LogP contribution >= 0.6 is 11.6 Å². The third-order valence-corrected chi connectivity index (χ3v) is 4.26. The van der Waals surface area contributed by atoms with Gasteiger partial charge < -0.3 is 14.5 Å². The Bertz CT molecular complexity index is 1000. The largest absolute Gasteiger partial charge is 0.454 e. The molecule has 0 spiro atoms. The van der Waals surface area contributed by atoms with Gasteiger partial charge >= 0.3 is 0 Å². The Morgan fingerprint density at radius 3 is 2.88 bits per heavy atom. The lowest BCUT2D eigenvalue weighted by atomic mass is 10.2. The van der Waals surface area contributed by atoms with Crippen LogP contribution in [-0.4, -0.2) is 28.7 Å². The smallest absolute Gasteiger partial charge is 0.258 e. The van der Waals surface area contributed by atoms with Crippen LogP contribution in [0.3, 0.4) is 0 Å². The number of aromatic nitrogens is 2. The summed E-state index contributed by atoms with van der Waals surface area (Å²) in [6, 6.07) is 11.0. The minimum absolute atomic E-state index is 0.182. The Hall–Kier alpha value is -2.57. The average molecular weight is 358 g/mol. The topological polar surface area (TPSA) is 67.5 Å². The van der Waals surface area contributed by atoms with E-state index in [1.165, 1.54) is 0 Å². The van der Waals surface area contributed by atoms with Gasteiger partial charge in [-0.25, -0.2) is 4.98 Å². The number of H-pyrrole nitrogens is 1. The first-order chi connectivity index (χ1) is 12.1. The molecule has 0 amide bonds. The minimum atomic E-state index is -0.182. The molecule has 2 heterocycles. The van der Waals surface area contributed by atoms with Crippen molar-refractivity contribution in [2.24, 2.45) is 0 Å². The van der Waals surface area contributed by atoms with Gasteiger partial charge in [0, 0.05) is 11.6 Å². The van der Waals surface area contributed by atoms with Crippen LogP contribution < -0.4 is 15.0 Å². The summed E-state index contributed by atoms with van der Waals surface area (Å²) in [4.78, 5) is 21.6. The third kappa shape index (κ3) is 3.31. The van der Waals surface area contributed by atoms with Crippen LogP contribution in [0.2, 0.25) is 5.02 Å². The van der Waals surface area contributed by atoms with Gasteiger partial charge in [0.05, 0.1) is 17.4 Å². The van der Waals surface area contributed by atoms with Crippen molar-refractivity contribution in [3.8, 4) is 11.5 Å². The highest BCUT2D eigenvalue weighted by Gasteiger charge is 2.14. The first-order valence-corrected chi connectivity index (χ1v) is 8.22. The zero-order valence-corrected chi connectivity index (χ0v) is 14.3. The van der Waals surface area contributed by atoms with E-state index in [1.807, 2.05) is 25.2 Å². The summed E-state index contributed by atoms with van der Waals surface area (Å²) < 4.78 is 10.7. The van der Waals surface area contributed by atoms with E-state index in [-0.39, 0.29) is 12.4 Å². The minimum Gasteiger partial charge on any atom is -0.454 e. The number of rotatable bonds is 4. The molecule has 25 heavy (non-hydrogen) atoms. The second-order valence-corrected chi connectivity index (χ2v) is 6.47. The van der Waals surface area contributed by atoms with Crippen LogP contribution in [0.15, 0.2) is 41.2 Å².